The number of hydrogen-bond donors (Lipinski definition) is 1. The van der Waals surface area contributed by atoms with E-state index >= 15 is 0 Å². The molecule has 0 saturated heterocycles. The fraction of sp³-hybridized carbons (Fsp3) is 0. The fourth-order valence-electron chi connectivity index (χ4n) is 3.13. The van der Waals surface area contributed by atoms with E-state index in [1.807, 2.05) is 30.3 Å². The Morgan fingerprint density at radius 2 is 1.44 bits per heavy atom. The predicted molar refractivity (Wildman–Crippen MR) is 127 cm³/mol. The van der Waals surface area contributed by atoms with Gasteiger partial charge < -0.3 is 14.8 Å². The van der Waals surface area contributed by atoms with Crippen molar-refractivity contribution < 1.29 is 14.3 Å². The molecule has 5 rings (SSSR count). The van der Waals surface area contributed by atoms with Gasteiger partial charge in [0.05, 0.1) is 0 Å². The number of imidazole rings is 1. The van der Waals surface area contributed by atoms with Crippen molar-refractivity contribution in [2.24, 2.45) is 0 Å². The summed E-state index contributed by atoms with van der Waals surface area (Å²) >= 11 is 0. The summed E-state index contributed by atoms with van der Waals surface area (Å²) in [6.45, 7) is 0. The van der Waals surface area contributed by atoms with Crippen LogP contribution in [0.15, 0.2) is 110 Å². The molecule has 0 spiro atoms. The van der Waals surface area contributed by atoms with Gasteiger partial charge in [-0.1, -0.05) is 18.2 Å². The maximum absolute atomic E-state index is 12.6. The maximum Gasteiger partial charge on any atom is 0.255 e. The van der Waals surface area contributed by atoms with E-state index in [0.29, 0.717) is 34.4 Å². The molecule has 0 aliphatic heterocycles. The third kappa shape index (κ3) is 5.08. The second kappa shape index (κ2) is 9.66. The molecule has 0 radical (unpaired) electrons. The molecule has 0 atom stereocenters. The highest BCUT2D eigenvalue weighted by atomic mass is 16.5. The van der Waals surface area contributed by atoms with Crippen LogP contribution in [0.1, 0.15) is 10.4 Å². The Balaban J connectivity index is 1.17. The van der Waals surface area contributed by atoms with Crippen LogP contribution < -0.4 is 14.8 Å². The van der Waals surface area contributed by atoms with Gasteiger partial charge in [-0.05, 0) is 66.7 Å². The van der Waals surface area contributed by atoms with E-state index in [2.05, 4.69) is 20.5 Å². The monoisotopic (exact) mass is 449 g/mol. The number of amides is 1. The first-order valence-electron chi connectivity index (χ1n) is 10.5. The van der Waals surface area contributed by atoms with Gasteiger partial charge in [0, 0.05) is 29.7 Å². The number of ether oxygens (including phenoxy) is 2. The summed E-state index contributed by atoms with van der Waals surface area (Å²) in [7, 11) is 0. The molecule has 1 N–H and O–H groups in total. The fourth-order valence-corrected chi connectivity index (χ4v) is 3.13. The van der Waals surface area contributed by atoms with E-state index < -0.39 is 0 Å². The van der Waals surface area contributed by atoms with Gasteiger partial charge in [0.15, 0.2) is 5.82 Å². The molecule has 0 aliphatic rings. The molecule has 0 fully saturated rings. The van der Waals surface area contributed by atoms with Crippen molar-refractivity contribution in [2.45, 2.75) is 0 Å². The summed E-state index contributed by atoms with van der Waals surface area (Å²) in [5.74, 6) is 2.75. The minimum absolute atomic E-state index is 0.221. The molecule has 0 bridgehead atoms. The summed E-state index contributed by atoms with van der Waals surface area (Å²) < 4.78 is 13.2. The van der Waals surface area contributed by atoms with Gasteiger partial charge >= 0.3 is 0 Å². The number of nitrogens with one attached hydrogen (secondary N) is 1. The Hall–Kier alpha value is -4.98. The number of carbonyl (C=O) groups excluding carboxylic acids is 1. The molecule has 8 nitrogen and oxygen atoms in total. The van der Waals surface area contributed by atoms with E-state index in [9.17, 15) is 4.79 Å². The number of rotatable bonds is 7. The molecular weight excluding hydrogens is 430 g/mol. The van der Waals surface area contributed by atoms with Crippen molar-refractivity contribution in [3.63, 3.8) is 0 Å². The van der Waals surface area contributed by atoms with Gasteiger partial charge in [-0.25, -0.2) is 4.98 Å². The van der Waals surface area contributed by atoms with Gasteiger partial charge in [-0.15, -0.1) is 10.2 Å². The Kier molecular flexibility index (Phi) is 5.94. The number of benzene rings is 3. The highest BCUT2D eigenvalue weighted by molar-refractivity contribution is 6.04. The van der Waals surface area contributed by atoms with E-state index in [-0.39, 0.29) is 5.91 Å². The van der Waals surface area contributed by atoms with Gasteiger partial charge in [-0.3, -0.25) is 9.36 Å². The number of nitrogens with zero attached hydrogens (tertiary/aromatic N) is 4. The summed E-state index contributed by atoms with van der Waals surface area (Å²) in [6.07, 6.45) is 5.09. The average molecular weight is 449 g/mol. The molecule has 3 aromatic carbocycles. The summed E-state index contributed by atoms with van der Waals surface area (Å²) in [5, 5.41) is 11.1. The maximum atomic E-state index is 12.6. The molecule has 166 valence electrons. The number of carbonyl (C=O) groups is 1. The lowest BCUT2D eigenvalue weighted by atomic mass is 10.2. The molecule has 5 aromatic rings. The normalized spacial score (nSPS) is 10.5. The Morgan fingerprint density at radius 1 is 0.735 bits per heavy atom. The van der Waals surface area contributed by atoms with Crippen molar-refractivity contribution in [2.75, 3.05) is 5.32 Å². The second-order valence-corrected chi connectivity index (χ2v) is 7.22. The Bertz CT molecular complexity index is 1350. The van der Waals surface area contributed by atoms with Crippen molar-refractivity contribution in [3.8, 4) is 28.9 Å². The van der Waals surface area contributed by atoms with Crippen LogP contribution in [0, 0.1) is 0 Å². The molecule has 2 heterocycles. The highest BCUT2D eigenvalue weighted by Gasteiger charge is 2.08. The van der Waals surface area contributed by atoms with Gasteiger partial charge in [0.2, 0.25) is 5.88 Å². The topological polar surface area (TPSA) is 91.2 Å². The van der Waals surface area contributed by atoms with E-state index in [1.165, 1.54) is 0 Å². The lowest BCUT2D eigenvalue weighted by molar-refractivity contribution is 0.102. The van der Waals surface area contributed by atoms with Gasteiger partial charge in [0.25, 0.3) is 5.91 Å². The van der Waals surface area contributed by atoms with Crippen LogP contribution >= 0.6 is 0 Å². The average Bonchev–Trinajstić information content (AvgIpc) is 3.42. The molecule has 34 heavy (non-hydrogen) atoms. The second-order valence-electron chi connectivity index (χ2n) is 7.22. The smallest absolute Gasteiger partial charge is 0.255 e. The lowest BCUT2D eigenvalue weighted by Gasteiger charge is -2.09. The van der Waals surface area contributed by atoms with E-state index in [0.717, 1.165) is 5.75 Å². The lowest BCUT2D eigenvalue weighted by Crippen LogP contribution is -2.11. The van der Waals surface area contributed by atoms with Crippen LogP contribution in [0.2, 0.25) is 0 Å². The van der Waals surface area contributed by atoms with Crippen molar-refractivity contribution in [1.82, 2.24) is 19.7 Å². The van der Waals surface area contributed by atoms with Crippen LogP contribution in [0.25, 0.3) is 5.82 Å². The van der Waals surface area contributed by atoms with Crippen LogP contribution in [-0.4, -0.2) is 25.7 Å². The molecule has 1 amide bonds. The summed E-state index contributed by atoms with van der Waals surface area (Å²) in [5.41, 5.74) is 1.16. The number of anilines is 1. The number of aromatic nitrogens is 4. The Morgan fingerprint density at radius 3 is 2.12 bits per heavy atom. The first kappa shape index (κ1) is 20.9. The third-order valence-corrected chi connectivity index (χ3v) is 4.82. The van der Waals surface area contributed by atoms with Crippen LogP contribution in [0.3, 0.4) is 0 Å². The molecule has 0 aliphatic carbocycles. The largest absolute Gasteiger partial charge is 0.457 e. The quantitative estimate of drug-likeness (QED) is 0.353. The van der Waals surface area contributed by atoms with Crippen LogP contribution in [0.5, 0.6) is 23.1 Å². The first-order chi connectivity index (χ1) is 16.7. The first-order valence-corrected chi connectivity index (χ1v) is 10.5. The third-order valence-electron chi connectivity index (χ3n) is 4.82. The predicted octanol–water partition coefficient (Wildman–Crippen LogP) is 5.50. The molecule has 8 heteroatoms. The number of para-hydroxylation sites is 1. The van der Waals surface area contributed by atoms with Crippen LogP contribution in [-0.2, 0) is 0 Å². The summed E-state index contributed by atoms with van der Waals surface area (Å²) in [6, 6.07) is 27.0. The number of hydrogen-bond acceptors (Lipinski definition) is 6. The molecule has 0 saturated carbocycles. The minimum Gasteiger partial charge on any atom is -0.457 e. The SMILES string of the molecule is O=C(Nc1ccc(Oc2ccc(-n3ccnc3)nn2)cc1)c1ccc(Oc2ccccc2)cc1. The van der Waals surface area contributed by atoms with Crippen LogP contribution in [0.4, 0.5) is 5.69 Å². The summed E-state index contributed by atoms with van der Waals surface area (Å²) in [4.78, 5) is 16.6. The van der Waals surface area contributed by atoms with Crippen molar-refractivity contribution >= 4 is 11.6 Å². The highest BCUT2D eigenvalue weighted by Crippen LogP contribution is 2.23. The van der Waals surface area contributed by atoms with Crippen molar-refractivity contribution in [1.29, 1.82) is 0 Å². The molecular formula is C26H19N5O3. The van der Waals surface area contributed by atoms with E-state index in [1.54, 1.807) is 84.0 Å². The molecule has 2 aromatic heterocycles. The van der Waals surface area contributed by atoms with Gasteiger partial charge in [0.1, 0.15) is 23.6 Å². The zero-order valence-electron chi connectivity index (χ0n) is 17.9. The zero-order valence-corrected chi connectivity index (χ0v) is 17.9. The zero-order chi connectivity index (χ0) is 23.2. The van der Waals surface area contributed by atoms with E-state index in [4.69, 9.17) is 9.47 Å². The minimum atomic E-state index is -0.221. The Labute approximate surface area is 195 Å². The molecule has 0 unspecified atom stereocenters. The van der Waals surface area contributed by atoms with Crippen molar-refractivity contribution in [3.05, 3.63) is 115 Å². The standard InChI is InChI=1S/C26H19N5O3/c32-26(19-6-10-22(11-7-19)33-21-4-2-1-3-5-21)28-20-8-12-23(13-9-20)34-25-15-14-24(29-30-25)31-17-16-27-18-31/h1-18H,(H,28,32). The van der Waals surface area contributed by atoms with Gasteiger partial charge in [-0.2, -0.15) is 0 Å².